The van der Waals surface area contributed by atoms with Gasteiger partial charge in [0.2, 0.25) is 5.91 Å². The van der Waals surface area contributed by atoms with E-state index in [0.717, 1.165) is 6.42 Å². The molecule has 1 fully saturated rings. The van der Waals surface area contributed by atoms with Crippen molar-refractivity contribution in [1.82, 2.24) is 5.32 Å². The first kappa shape index (κ1) is 8.87. The van der Waals surface area contributed by atoms with Crippen LogP contribution in [-0.4, -0.2) is 18.5 Å². The zero-order chi connectivity index (χ0) is 9.19. The monoisotopic (exact) mass is 168 g/mol. The normalized spacial score (nSPS) is 26.2. The van der Waals surface area contributed by atoms with Crippen LogP contribution in [0.25, 0.3) is 10.4 Å². The summed E-state index contributed by atoms with van der Waals surface area (Å²) in [6.07, 6.45) is 0.741. The van der Waals surface area contributed by atoms with Gasteiger partial charge in [-0.05, 0) is 12.0 Å². The fourth-order valence-electron chi connectivity index (χ4n) is 1.39. The number of rotatable bonds is 2. The summed E-state index contributed by atoms with van der Waals surface area (Å²) < 4.78 is 0. The van der Waals surface area contributed by atoms with E-state index in [1.54, 1.807) is 0 Å². The number of azide groups is 1. The lowest BCUT2D eigenvalue weighted by molar-refractivity contribution is -0.126. The lowest BCUT2D eigenvalue weighted by Gasteiger charge is -2.11. The van der Waals surface area contributed by atoms with E-state index >= 15 is 0 Å². The lowest BCUT2D eigenvalue weighted by Crippen LogP contribution is -2.29. The second-order valence-corrected chi connectivity index (χ2v) is 3.67. The largest absolute Gasteiger partial charge is 0.353 e. The van der Waals surface area contributed by atoms with Gasteiger partial charge in [0.05, 0.1) is 0 Å². The fraction of sp³-hybridized carbons (Fsp3) is 0.857. The molecular weight excluding hydrogens is 156 g/mol. The SMILES string of the molecule is CC1(C)C[C@H](CN=[N+]=[N-])NC1=O. The highest BCUT2D eigenvalue weighted by Crippen LogP contribution is 2.28. The van der Waals surface area contributed by atoms with Crippen molar-refractivity contribution in [1.29, 1.82) is 0 Å². The highest BCUT2D eigenvalue weighted by atomic mass is 16.2. The number of carbonyl (C=O) groups excluding carboxylic acids is 1. The van der Waals surface area contributed by atoms with Crippen molar-refractivity contribution in [2.75, 3.05) is 6.54 Å². The summed E-state index contributed by atoms with van der Waals surface area (Å²) in [4.78, 5) is 13.9. The molecule has 0 aromatic heterocycles. The number of nitrogens with one attached hydrogen (secondary N) is 1. The predicted molar refractivity (Wildman–Crippen MR) is 44.3 cm³/mol. The molecule has 1 amide bonds. The van der Waals surface area contributed by atoms with Gasteiger partial charge in [-0.1, -0.05) is 19.0 Å². The Kier molecular flexibility index (Phi) is 2.24. The van der Waals surface area contributed by atoms with Gasteiger partial charge in [0.25, 0.3) is 0 Å². The average molecular weight is 168 g/mol. The van der Waals surface area contributed by atoms with E-state index in [4.69, 9.17) is 5.53 Å². The van der Waals surface area contributed by atoms with Gasteiger partial charge >= 0.3 is 0 Å². The molecule has 5 heteroatoms. The maximum absolute atomic E-state index is 11.2. The molecule has 0 bridgehead atoms. The highest BCUT2D eigenvalue weighted by Gasteiger charge is 2.38. The third-order valence-corrected chi connectivity index (χ3v) is 2.07. The lowest BCUT2D eigenvalue weighted by atomic mass is 9.90. The predicted octanol–water partition coefficient (Wildman–Crippen LogP) is 1.21. The summed E-state index contributed by atoms with van der Waals surface area (Å²) in [5, 5.41) is 6.19. The van der Waals surface area contributed by atoms with Crippen LogP contribution < -0.4 is 5.32 Å². The van der Waals surface area contributed by atoms with E-state index < -0.39 is 0 Å². The molecule has 1 aliphatic rings. The maximum atomic E-state index is 11.2. The molecule has 1 N–H and O–H groups in total. The summed E-state index contributed by atoms with van der Waals surface area (Å²) in [5.41, 5.74) is 7.76. The van der Waals surface area contributed by atoms with Crippen LogP contribution in [0.2, 0.25) is 0 Å². The van der Waals surface area contributed by atoms with Crippen LogP contribution >= 0.6 is 0 Å². The van der Waals surface area contributed by atoms with E-state index in [-0.39, 0.29) is 17.4 Å². The van der Waals surface area contributed by atoms with Gasteiger partial charge in [0.15, 0.2) is 0 Å². The Bertz CT molecular complexity index is 242. The summed E-state index contributed by atoms with van der Waals surface area (Å²) in [6, 6.07) is 0.0170. The maximum Gasteiger partial charge on any atom is 0.225 e. The molecule has 0 spiro atoms. The van der Waals surface area contributed by atoms with Crippen LogP contribution in [0.4, 0.5) is 0 Å². The van der Waals surface area contributed by atoms with E-state index in [9.17, 15) is 4.79 Å². The average Bonchev–Trinajstić information content (AvgIpc) is 2.22. The smallest absolute Gasteiger partial charge is 0.225 e. The van der Waals surface area contributed by atoms with Crippen LogP contribution in [0.15, 0.2) is 5.11 Å². The number of hydrogen-bond donors (Lipinski definition) is 1. The molecule has 0 radical (unpaired) electrons. The third kappa shape index (κ3) is 1.68. The van der Waals surface area contributed by atoms with Gasteiger partial charge in [-0.25, -0.2) is 0 Å². The Hall–Kier alpha value is -1.22. The minimum absolute atomic E-state index is 0.0170. The van der Waals surface area contributed by atoms with Gasteiger partial charge in [-0.2, -0.15) is 0 Å². The molecule has 66 valence electrons. The number of nitrogens with zero attached hydrogens (tertiary/aromatic N) is 3. The molecule has 0 aromatic carbocycles. The van der Waals surface area contributed by atoms with Gasteiger partial charge in [0.1, 0.15) is 0 Å². The standard InChI is InChI=1S/C7H12N4O/c1-7(2)3-5(4-9-11-8)10-6(7)12/h5H,3-4H2,1-2H3,(H,10,12)/t5-/m1/s1. The Morgan fingerprint density at radius 2 is 2.50 bits per heavy atom. The Morgan fingerprint density at radius 3 is 2.92 bits per heavy atom. The van der Waals surface area contributed by atoms with Crippen molar-refractivity contribution >= 4 is 5.91 Å². The van der Waals surface area contributed by atoms with E-state index in [1.807, 2.05) is 13.8 Å². The Morgan fingerprint density at radius 1 is 1.83 bits per heavy atom. The Labute approximate surface area is 70.8 Å². The molecule has 0 unspecified atom stereocenters. The van der Waals surface area contributed by atoms with Crippen molar-refractivity contribution in [2.24, 2.45) is 10.5 Å². The van der Waals surface area contributed by atoms with Crippen molar-refractivity contribution in [3.05, 3.63) is 10.4 Å². The first-order valence-electron chi connectivity index (χ1n) is 3.88. The van der Waals surface area contributed by atoms with Crippen molar-refractivity contribution in [3.63, 3.8) is 0 Å². The topological polar surface area (TPSA) is 77.9 Å². The van der Waals surface area contributed by atoms with Crippen molar-refractivity contribution in [3.8, 4) is 0 Å². The molecule has 1 rings (SSSR count). The first-order valence-corrected chi connectivity index (χ1v) is 3.88. The molecule has 1 heterocycles. The van der Waals surface area contributed by atoms with Gasteiger partial charge < -0.3 is 5.32 Å². The van der Waals surface area contributed by atoms with Gasteiger partial charge in [-0.15, -0.1) is 0 Å². The van der Waals surface area contributed by atoms with Gasteiger partial charge in [0, 0.05) is 22.9 Å². The number of carbonyl (C=O) groups is 1. The first-order chi connectivity index (χ1) is 5.56. The molecular formula is C7H12N4O. The molecule has 0 aromatic rings. The molecule has 1 saturated heterocycles. The Balaban J connectivity index is 2.55. The van der Waals surface area contributed by atoms with Crippen molar-refractivity contribution < 1.29 is 4.79 Å². The number of amides is 1. The van der Waals surface area contributed by atoms with E-state index in [1.165, 1.54) is 0 Å². The molecule has 0 aliphatic carbocycles. The fourth-order valence-corrected chi connectivity index (χ4v) is 1.39. The minimum Gasteiger partial charge on any atom is -0.353 e. The zero-order valence-corrected chi connectivity index (χ0v) is 7.24. The zero-order valence-electron chi connectivity index (χ0n) is 7.24. The minimum atomic E-state index is -0.310. The van der Waals surface area contributed by atoms with Crippen LogP contribution in [0.5, 0.6) is 0 Å². The van der Waals surface area contributed by atoms with Gasteiger partial charge in [-0.3, -0.25) is 4.79 Å². The summed E-state index contributed by atoms with van der Waals surface area (Å²) in [6.45, 7) is 4.13. The van der Waals surface area contributed by atoms with E-state index in [2.05, 4.69) is 15.3 Å². The second kappa shape index (κ2) is 3.03. The van der Waals surface area contributed by atoms with Crippen molar-refractivity contribution in [2.45, 2.75) is 26.3 Å². The summed E-state index contributed by atoms with van der Waals surface area (Å²) in [5.74, 6) is 0.0423. The quantitative estimate of drug-likeness (QED) is 0.375. The molecule has 1 aliphatic heterocycles. The summed E-state index contributed by atoms with van der Waals surface area (Å²) >= 11 is 0. The van der Waals surface area contributed by atoms with Crippen LogP contribution in [0.1, 0.15) is 20.3 Å². The third-order valence-electron chi connectivity index (χ3n) is 2.07. The number of hydrogen-bond acceptors (Lipinski definition) is 2. The van der Waals surface area contributed by atoms with Crippen LogP contribution in [0, 0.1) is 5.41 Å². The molecule has 0 saturated carbocycles. The summed E-state index contributed by atoms with van der Waals surface area (Å²) in [7, 11) is 0. The molecule has 5 nitrogen and oxygen atoms in total. The molecule has 12 heavy (non-hydrogen) atoms. The van der Waals surface area contributed by atoms with Crippen LogP contribution in [-0.2, 0) is 4.79 Å². The highest BCUT2D eigenvalue weighted by molar-refractivity contribution is 5.84. The van der Waals surface area contributed by atoms with E-state index in [0.29, 0.717) is 6.54 Å². The second-order valence-electron chi connectivity index (χ2n) is 3.67. The van der Waals surface area contributed by atoms with Crippen LogP contribution in [0.3, 0.4) is 0 Å². The molecule has 1 atom stereocenters.